The van der Waals surface area contributed by atoms with Crippen molar-refractivity contribution in [2.24, 2.45) is 0 Å². The third kappa shape index (κ3) is 5.07. The van der Waals surface area contributed by atoms with E-state index in [1.807, 2.05) is 25.1 Å². The van der Waals surface area contributed by atoms with Crippen LogP contribution in [0.5, 0.6) is 0 Å². The molecule has 0 bridgehead atoms. The molecule has 0 unspecified atom stereocenters. The van der Waals surface area contributed by atoms with Crippen LogP contribution in [0.15, 0.2) is 47.0 Å². The van der Waals surface area contributed by atoms with Crippen LogP contribution in [0.4, 0.5) is 13.2 Å². The molecule has 0 spiro atoms. The number of hydrogen-bond acceptors (Lipinski definition) is 4. The molecule has 25 heavy (non-hydrogen) atoms. The molecular formula is C17H16ClF3N2OS. The van der Waals surface area contributed by atoms with E-state index in [9.17, 15) is 13.2 Å². The van der Waals surface area contributed by atoms with Crippen LogP contribution in [0.25, 0.3) is 10.4 Å². The zero-order valence-electron chi connectivity index (χ0n) is 13.3. The Balaban J connectivity index is 0.00000225. The summed E-state index contributed by atoms with van der Waals surface area (Å²) in [4.78, 5) is 2.04. The van der Waals surface area contributed by atoms with Crippen molar-refractivity contribution < 1.29 is 17.7 Å². The van der Waals surface area contributed by atoms with Gasteiger partial charge in [0.05, 0.1) is 11.3 Å². The minimum atomic E-state index is -4.30. The molecule has 2 aromatic heterocycles. The molecule has 2 heterocycles. The van der Waals surface area contributed by atoms with Crippen molar-refractivity contribution in [3.63, 3.8) is 0 Å². The van der Waals surface area contributed by atoms with Gasteiger partial charge in [-0.2, -0.15) is 13.2 Å². The molecular weight excluding hydrogens is 373 g/mol. The summed E-state index contributed by atoms with van der Waals surface area (Å²) in [7, 11) is 0. The van der Waals surface area contributed by atoms with Gasteiger partial charge in [0.1, 0.15) is 5.76 Å². The molecule has 0 radical (unpaired) electrons. The van der Waals surface area contributed by atoms with Gasteiger partial charge in [-0.1, -0.05) is 17.3 Å². The number of halogens is 4. The maximum Gasteiger partial charge on any atom is 0.416 e. The first-order valence-corrected chi connectivity index (χ1v) is 8.13. The van der Waals surface area contributed by atoms with Crippen LogP contribution in [-0.2, 0) is 19.3 Å². The number of nitrogens with zero attached hydrogens (tertiary/aromatic N) is 1. The standard InChI is InChI=1S/C17H15F3N2OS.ClH/c1-11-8-14(22-23-11)9-21-10-15-6-7-16(24-15)12-2-4-13(5-3-12)17(18,19)20;/h2-8,21H,9-10H2,1H3;1H. The van der Waals surface area contributed by atoms with Crippen LogP contribution >= 0.6 is 23.7 Å². The molecule has 0 aliphatic rings. The summed E-state index contributed by atoms with van der Waals surface area (Å²) in [6, 6.07) is 11.0. The Hall–Kier alpha value is -1.83. The summed E-state index contributed by atoms with van der Waals surface area (Å²) >= 11 is 1.55. The van der Waals surface area contributed by atoms with Crippen molar-refractivity contribution in [3.8, 4) is 10.4 Å². The first-order chi connectivity index (χ1) is 11.4. The van der Waals surface area contributed by atoms with Gasteiger partial charge in [-0.05, 0) is 36.8 Å². The van der Waals surface area contributed by atoms with Gasteiger partial charge in [-0.15, -0.1) is 23.7 Å². The lowest BCUT2D eigenvalue weighted by molar-refractivity contribution is -0.137. The molecule has 134 valence electrons. The summed E-state index contributed by atoms with van der Waals surface area (Å²) in [5.74, 6) is 0.771. The predicted octanol–water partition coefficient (Wildman–Crippen LogP) is 5.44. The van der Waals surface area contributed by atoms with E-state index in [1.165, 1.54) is 12.1 Å². The summed E-state index contributed by atoms with van der Waals surface area (Å²) in [6.45, 7) is 3.11. The zero-order valence-corrected chi connectivity index (χ0v) is 14.9. The van der Waals surface area contributed by atoms with Crippen LogP contribution in [0.2, 0.25) is 0 Å². The van der Waals surface area contributed by atoms with Crippen molar-refractivity contribution in [2.75, 3.05) is 0 Å². The van der Waals surface area contributed by atoms with E-state index in [0.717, 1.165) is 38.9 Å². The number of rotatable bonds is 5. The van der Waals surface area contributed by atoms with E-state index < -0.39 is 11.7 Å². The normalized spacial score (nSPS) is 11.4. The van der Waals surface area contributed by atoms with Gasteiger partial charge in [0.15, 0.2) is 0 Å². The third-order valence-electron chi connectivity index (χ3n) is 3.44. The van der Waals surface area contributed by atoms with Crippen molar-refractivity contribution in [2.45, 2.75) is 26.2 Å². The molecule has 0 aliphatic heterocycles. The topological polar surface area (TPSA) is 38.1 Å². The number of nitrogens with one attached hydrogen (secondary N) is 1. The molecule has 3 rings (SSSR count). The molecule has 0 atom stereocenters. The van der Waals surface area contributed by atoms with E-state index in [4.69, 9.17) is 4.52 Å². The maximum atomic E-state index is 12.6. The molecule has 0 aliphatic carbocycles. The second kappa shape index (κ2) is 8.03. The van der Waals surface area contributed by atoms with E-state index in [-0.39, 0.29) is 12.4 Å². The van der Waals surface area contributed by atoms with E-state index in [0.29, 0.717) is 13.1 Å². The van der Waals surface area contributed by atoms with Gasteiger partial charge in [0.2, 0.25) is 0 Å². The van der Waals surface area contributed by atoms with Gasteiger partial charge in [0, 0.05) is 28.9 Å². The van der Waals surface area contributed by atoms with Crippen molar-refractivity contribution >= 4 is 23.7 Å². The van der Waals surface area contributed by atoms with Crippen molar-refractivity contribution in [1.82, 2.24) is 10.5 Å². The molecule has 0 saturated carbocycles. The Morgan fingerprint density at radius 2 is 1.80 bits per heavy atom. The zero-order chi connectivity index (χ0) is 17.2. The van der Waals surface area contributed by atoms with E-state index >= 15 is 0 Å². The van der Waals surface area contributed by atoms with Crippen LogP contribution < -0.4 is 5.32 Å². The molecule has 3 aromatic rings. The number of hydrogen-bond donors (Lipinski definition) is 1. The minimum absolute atomic E-state index is 0. The van der Waals surface area contributed by atoms with Crippen LogP contribution in [-0.4, -0.2) is 5.16 Å². The SMILES string of the molecule is Cc1cc(CNCc2ccc(-c3ccc(C(F)(F)F)cc3)s2)no1.Cl. The van der Waals surface area contributed by atoms with Crippen molar-refractivity contribution in [3.05, 3.63) is 64.4 Å². The Morgan fingerprint density at radius 1 is 1.08 bits per heavy atom. The lowest BCUT2D eigenvalue weighted by Crippen LogP contribution is -2.11. The summed E-state index contributed by atoms with van der Waals surface area (Å²) in [5, 5.41) is 7.17. The van der Waals surface area contributed by atoms with Gasteiger partial charge in [-0.25, -0.2) is 0 Å². The Labute approximate surface area is 153 Å². The highest BCUT2D eigenvalue weighted by Gasteiger charge is 2.29. The third-order valence-corrected chi connectivity index (χ3v) is 4.57. The average Bonchev–Trinajstić information content (AvgIpc) is 3.16. The smallest absolute Gasteiger partial charge is 0.361 e. The molecule has 0 fully saturated rings. The van der Waals surface area contributed by atoms with Crippen molar-refractivity contribution in [1.29, 1.82) is 0 Å². The monoisotopic (exact) mass is 388 g/mol. The van der Waals surface area contributed by atoms with Gasteiger partial charge >= 0.3 is 6.18 Å². The number of alkyl halides is 3. The highest BCUT2D eigenvalue weighted by atomic mass is 35.5. The molecule has 3 nitrogen and oxygen atoms in total. The summed E-state index contributed by atoms with van der Waals surface area (Å²) in [6.07, 6.45) is -4.30. The number of aromatic nitrogens is 1. The van der Waals surface area contributed by atoms with E-state index in [1.54, 1.807) is 11.3 Å². The summed E-state index contributed by atoms with van der Waals surface area (Å²) < 4.78 is 42.8. The lowest BCUT2D eigenvalue weighted by atomic mass is 10.1. The van der Waals surface area contributed by atoms with Gasteiger partial charge in [0.25, 0.3) is 0 Å². The second-order valence-electron chi connectivity index (χ2n) is 5.37. The van der Waals surface area contributed by atoms with Gasteiger partial charge in [-0.3, -0.25) is 0 Å². The molecule has 1 N–H and O–H groups in total. The Bertz CT molecular complexity index is 812. The minimum Gasteiger partial charge on any atom is -0.361 e. The highest BCUT2D eigenvalue weighted by molar-refractivity contribution is 7.15. The average molecular weight is 389 g/mol. The summed E-state index contributed by atoms with van der Waals surface area (Å²) in [5.41, 5.74) is 0.992. The van der Waals surface area contributed by atoms with E-state index in [2.05, 4.69) is 10.5 Å². The highest BCUT2D eigenvalue weighted by Crippen LogP contribution is 2.33. The fraction of sp³-hybridized carbons (Fsp3) is 0.235. The largest absolute Gasteiger partial charge is 0.416 e. The fourth-order valence-corrected chi connectivity index (χ4v) is 3.25. The fourth-order valence-electron chi connectivity index (χ4n) is 2.27. The second-order valence-corrected chi connectivity index (χ2v) is 6.54. The van der Waals surface area contributed by atoms with Crippen LogP contribution in [0.3, 0.4) is 0 Å². The molecule has 0 amide bonds. The first-order valence-electron chi connectivity index (χ1n) is 7.31. The van der Waals surface area contributed by atoms with Gasteiger partial charge < -0.3 is 9.84 Å². The number of aryl methyl sites for hydroxylation is 1. The number of thiophene rings is 1. The Morgan fingerprint density at radius 3 is 2.40 bits per heavy atom. The first kappa shape index (κ1) is 19.5. The number of benzene rings is 1. The van der Waals surface area contributed by atoms with Crippen LogP contribution in [0.1, 0.15) is 21.9 Å². The maximum absolute atomic E-state index is 12.6. The quantitative estimate of drug-likeness (QED) is 0.632. The Kier molecular flexibility index (Phi) is 6.26. The molecule has 1 aromatic carbocycles. The molecule has 0 saturated heterocycles. The van der Waals surface area contributed by atoms with Crippen LogP contribution in [0, 0.1) is 6.92 Å². The predicted molar refractivity (Wildman–Crippen MR) is 93.8 cm³/mol. The molecule has 8 heteroatoms. The lowest BCUT2D eigenvalue weighted by Gasteiger charge is -2.06.